The summed E-state index contributed by atoms with van der Waals surface area (Å²) in [5, 5.41) is 23.3. The Morgan fingerprint density at radius 1 is 1.73 bits per heavy atom. The number of nitrogens with zero attached hydrogens (tertiary/aromatic N) is 2. The molecular formula is C6H8N4O. The molecular weight excluding hydrogens is 144 g/mol. The third-order valence-electron chi connectivity index (χ3n) is 1.34. The second-order valence-electron chi connectivity index (χ2n) is 2.05. The van der Waals surface area contributed by atoms with Gasteiger partial charge in [0.25, 0.3) is 0 Å². The quantitative estimate of drug-likeness (QED) is 0.526. The van der Waals surface area contributed by atoms with Crippen LogP contribution in [0.15, 0.2) is 0 Å². The molecule has 5 heteroatoms. The average Bonchev–Trinajstić information content (AvgIpc) is 2.33. The predicted octanol–water partition coefficient (Wildman–Crippen LogP) is -0.602. The van der Waals surface area contributed by atoms with Crippen molar-refractivity contribution in [2.24, 2.45) is 0 Å². The lowest BCUT2D eigenvalue weighted by atomic mass is 10.2. The fourth-order valence-electron chi connectivity index (χ4n) is 0.812. The van der Waals surface area contributed by atoms with Crippen LogP contribution in [0.2, 0.25) is 0 Å². The first-order valence-electron chi connectivity index (χ1n) is 3.13. The van der Waals surface area contributed by atoms with Gasteiger partial charge in [0.15, 0.2) is 5.82 Å². The predicted molar refractivity (Wildman–Crippen MR) is 38.5 cm³/mol. The van der Waals surface area contributed by atoms with Crippen molar-refractivity contribution in [3.8, 4) is 6.07 Å². The van der Waals surface area contributed by atoms with Gasteiger partial charge in [0.05, 0.1) is 5.69 Å². The number of aliphatic hydroxyl groups is 1. The molecule has 0 atom stereocenters. The van der Waals surface area contributed by atoms with Crippen LogP contribution >= 0.6 is 0 Å². The van der Waals surface area contributed by atoms with Crippen molar-refractivity contribution in [3.63, 3.8) is 0 Å². The van der Waals surface area contributed by atoms with E-state index in [1.54, 1.807) is 0 Å². The topological polar surface area (TPSA) is 98.7 Å². The van der Waals surface area contributed by atoms with E-state index in [0.717, 1.165) is 0 Å². The zero-order valence-electron chi connectivity index (χ0n) is 5.83. The molecule has 0 aromatic carbocycles. The zero-order valence-corrected chi connectivity index (χ0v) is 5.83. The largest absolute Gasteiger partial charge is 0.396 e. The van der Waals surface area contributed by atoms with Crippen molar-refractivity contribution in [1.29, 1.82) is 5.26 Å². The minimum atomic E-state index is -0.0175. The summed E-state index contributed by atoms with van der Waals surface area (Å²) in [7, 11) is 0. The number of nitriles is 1. The first-order valence-corrected chi connectivity index (χ1v) is 3.13. The Labute approximate surface area is 63.5 Å². The van der Waals surface area contributed by atoms with Crippen molar-refractivity contribution in [2.75, 3.05) is 12.3 Å². The number of nitrogens with one attached hydrogen (secondary N) is 1. The fourth-order valence-corrected chi connectivity index (χ4v) is 0.812. The molecule has 1 rings (SSSR count). The van der Waals surface area contributed by atoms with Crippen LogP contribution in [0, 0.1) is 11.3 Å². The minimum Gasteiger partial charge on any atom is -0.396 e. The first-order chi connectivity index (χ1) is 5.29. The van der Waals surface area contributed by atoms with Crippen molar-refractivity contribution >= 4 is 5.82 Å². The highest BCUT2D eigenvalue weighted by Crippen LogP contribution is 2.11. The van der Waals surface area contributed by atoms with Gasteiger partial charge in [-0.15, -0.1) is 0 Å². The summed E-state index contributed by atoms with van der Waals surface area (Å²) < 4.78 is 0. The van der Waals surface area contributed by atoms with Crippen molar-refractivity contribution in [1.82, 2.24) is 10.2 Å². The minimum absolute atomic E-state index is 0.0175. The molecule has 0 unspecified atom stereocenters. The first kappa shape index (κ1) is 7.57. The second kappa shape index (κ2) is 3.03. The summed E-state index contributed by atoms with van der Waals surface area (Å²) in [6.07, 6.45) is 0.382. The van der Waals surface area contributed by atoms with Gasteiger partial charge in [0.1, 0.15) is 11.6 Å². The van der Waals surface area contributed by atoms with Crippen LogP contribution < -0.4 is 5.73 Å². The van der Waals surface area contributed by atoms with Crippen LogP contribution in [0.4, 0.5) is 5.82 Å². The van der Waals surface area contributed by atoms with Gasteiger partial charge >= 0.3 is 0 Å². The van der Waals surface area contributed by atoms with Gasteiger partial charge in [0, 0.05) is 13.0 Å². The maximum absolute atomic E-state index is 8.55. The smallest absolute Gasteiger partial charge is 0.163 e. The average molecular weight is 152 g/mol. The maximum atomic E-state index is 8.55. The van der Waals surface area contributed by atoms with Gasteiger partial charge in [0.2, 0.25) is 0 Å². The highest BCUT2D eigenvalue weighted by atomic mass is 16.3. The molecule has 0 aliphatic heterocycles. The van der Waals surface area contributed by atoms with Crippen LogP contribution in [-0.4, -0.2) is 21.9 Å². The number of nitrogens with two attached hydrogens (primary N) is 1. The van der Waals surface area contributed by atoms with Gasteiger partial charge in [-0.05, 0) is 0 Å². The van der Waals surface area contributed by atoms with E-state index in [9.17, 15) is 0 Å². The molecule has 4 N–H and O–H groups in total. The standard InChI is InChI=1S/C6H8N4O/c7-3-4-5(1-2-11)9-10-6(4)8/h11H,1-2H2,(H3,8,9,10). The van der Waals surface area contributed by atoms with E-state index in [0.29, 0.717) is 17.7 Å². The van der Waals surface area contributed by atoms with E-state index in [1.165, 1.54) is 0 Å². The molecule has 58 valence electrons. The van der Waals surface area contributed by atoms with Crippen LogP contribution in [0.5, 0.6) is 0 Å². The van der Waals surface area contributed by atoms with Crippen LogP contribution in [0.1, 0.15) is 11.3 Å². The lowest BCUT2D eigenvalue weighted by Gasteiger charge is -1.90. The molecule has 0 amide bonds. The Hall–Kier alpha value is -1.54. The highest BCUT2D eigenvalue weighted by molar-refractivity contribution is 5.50. The Morgan fingerprint density at radius 3 is 3.00 bits per heavy atom. The van der Waals surface area contributed by atoms with E-state index < -0.39 is 0 Å². The highest BCUT2D eigenvalue weighted by Gasteiger charge is 2.08. The van der Waals surface area contributed by atoms with E-state index in [4.69, 9.17) is 16.1 Å². The molecule has 0 fully saturated rings. The molecule has 11 heavy (non-hydrogen) atoms. The molecule has 0 saturated heterocycles. The summed E-state index contributed by atoms with van der Waals surface area (Å²) >= 11 is 0. The van der Waals surface area contributed by atoms with Crippen molar-refractivity contribution < 1.29 is 5.11 Å². The molecule has 0 aliphatic carbocycles. The van der Waals surface area contributed by atoms with Gasteiger partial charge in [-0.2, -0.15) is 10.4 Å². The Bertz CT molecular complexity index is 285. The number of H-pyrrole nitrogens is 1. The number of nitrogen functional groups attached to an aromatic ring is 1. The number of anilines is 1. The molecule has 1 aromatic rings. The van der Waals surface area contributed by atoms with E-state index in [1.807, 2.05) is 6.07 Å². The third kappa shape index (κ3) is 1.30. The number of aromatic amines is 1. The molecule has 5 nitrogen and oxygen atoms in total. The molecule has 0 radical (unpaired) electrons. The van der Waals surface area contributed by atoms with E-state index in [2.05, 4.69) is 10.2 Å². The number of aromatic nitrogens is 2. The number of aliphatic hydroxyl groups excluding tert-OH is 1. The Balaban J connectivity index is 2.98. The van der Waals surface area contributed by atoms with Crippen LogP contribution in [-0.2, 0) is 6.42 Å². The van der Waals surface area contributed by atoms with Crippen LogP contribution in [0.25, 0.3) is 0 Å². The second-order valence-corrected chi connectivity index (χ2v) is 2.05. The van der Waals surface area contributed by atoms with Crippen molar-refractivity contribution in [3.05, 3.63) is 11.3 Å². The summed E-state index contributed by atoms with van der Waals surface area (Å²) in [5.41, 5.74) is 6.26. The van der Waals surface area contributed by atoms with E-state index >= 15 is 0 Å². The summed E-state index contributed by atoms with van der Waals surface area (Å²) in [4.78, 5) is 0. The normalized spacial score (nSPS) is 9.45. The Kier molecular flexibility index (Phi) is 2.09. The summed E-state index contributed by atoms with van der Waals surface area (Å²) in [6.45, 7) is -0.0175. The zero-order chi connectivity index (χ0) is 8.27. The molecule has 0 spiro atoms. The van der Waals surface area contributed by atoms with Gasteiger partial charge in [-0.1, -0.05) is 0 Å². The third-order valence-corrected chi connectivity index (χ3v) is 1.34. The van der Waals surface area contributed by atoms with Crippen molar-refractivity contribution in [2.45, 2.75) is 6.42 Å². The lowest BCUT2D eigenvalue weighted by molar-refractivity contribution is 0.298. The van der Waals surface area contributed by atoms with Gasteiger partial charge < -0.3 is 10.8 Å². The van der Waals surface area contributed by atoms with Gasteiger partial charge in [-0.3, -0.25) is 5.10 Å². The molecule has 0 aliphatic rings. The Morgan fingerprint density at radius 2 is 2.45 bits per heavy atom. The summed E-state index contributed by atoms with van der Waals surface area (Å²) in [6, 6.07) is 1.90. The SMILES string of the molecule is N#Cc1c(N)n[nH]c1CCO. The fraction of sp³-hybridized carbons (Fsp3) is 0.333. The summed E-state index contributed by atoms with van der Waals surface area (Å²) in [5.74, 6) is 0.191. The van der Waals surface area contributed by atoms with Gasteiger partial charge in [-0.25, -0.2) is 0 Å². The molecule has 1 aromatic heterocycles. The molecule has 0 saturated carbocycles. The lowest BCUT2D eigenvalue weighted by Crippen LogP contribution is -1.94. The molecule has 0 bridgehead atoms. The number of hydrogen-bond acceptors (Lipinski definition) is 4. The monoisotopic (exact) mass is 152 g/mol. The number of rotatable bonds is 2. The molecule has 1 heterocycles. The van der Waals surface area contributed by atoms with Crippen LogP contribution in [0.3, 0.4) is 0 Å². The maximum Gasteiger partial charge on any atom is 0.163 e. The number of hydrogen-bond donors (Lipinski definition) is 3. The van der Waals surface area contributed by atoms with E-state index in [-0.39, 0.29) is 12.4 Å².